The molecule has 0 radical (unpaired) electrons. The molecule has 1 heterocycles. The number of benzene rings is 4. The van der Waals surface area contributed by atoms with Crippen LogP contribution in [0.3, 0.4) is 0 Å². The van der Waals surface area contributed by atoms with Crippen molar-refractivity contribution in [1.82, 2.24) is 5.43 Å². The molecule has 1 aliphatic heterocycles. The Morgan fingerprint density at radius 2 is 1.48 bits per heavy atom. The van der Waals surface area contributed by atoms with Gasteiger partial charge in [0.1, 0.15) is 0 Å². The molecule has 4 aromatic rings. The van der Waals surface area contributed by atoms with Gasteiger partial charge in [-0.3, -0.25) is 14.4 Å². The summed E-state index contributed by atoms with van der Waals surface area (Å²) in [5.74, 6) is -2.20. The van der Waals surface area contributed by atoms with E-state index < -0.39 is 17.3 Å². The molecule has 3 aliphatic carbocycles. The molecule has 1 N–H and O–H groups in total. The second-order valence-electron chi connectivity index (χ2n) is 11.8. The molecular weight excluding hydrogens is 522 g/mol. The monoisotopic (exact) mass is 553 g/mol. The van der Waals surface area contributed by atoms with Crippen molar-refractivity contribution in [1.29, 1.82) is 0 Å². The van der Waals surface area contributed by atoms with Gasteiger partial charge < -0.3 is 0 Å². The highest BCUT2D eigenvalue weighted by atomic mass is 16.2. The summed E-state index contributed by atoms with van der Waals surface area (Å²) in [5.41, 5.74) is 10.5. The molecule has 42 heavy (non-hydrogen) atoms. The van der Waals surface area contributed by atoms with Crippen molar-refractivity contribution in [2.75, 3.05) is 4.90 Å². The molecule has 6 heteroatoms. The van der Waals surface area contributed by atoms with Crippen LogP contribution in [0.2, 0.25) is 0 Å². The predicted octanol–water partition coefficient (Wildman–Crippen LogP) is 5.51. The summed E-state index contributed by atoms with van der Waals surface area (Å²) in [7, 11) is 0. The number of nitrogens with zero attached hydrogens (tertiary/aromatic N) is 2. The van der Waals surface area contributed by atoms with Crippen molar-refractivity contribution in [3.05, 3.63) is 136 Å². The quantitative estimate of drug-likeness (QED) is 0.201. The highest BCUT2D eigenvalue weighted by Crippen LogP contribution is 2.63. The lowest BCUT2D eigenvalue weighted by molar-refractivity contribution is -0.123. The molecule has 2 atom stereocenters. The fourth-order valence-electron chi connectivity index (χ4n) is 7.34. The lowest BCUT2D eigenvalue weighted by atomic mass is 9.47. The molecule has 1 fully saturated rings. The zero-order chi connectivity index (χ0) is 29.2. The first kappa shape index (κ1) is 26.1. The lowest BCUT2D eigenvalue weighted by Crippen LogP contribution is -2.54. The fourth-order valence-corrected chi connectivity index (χ4v) is 7.34. The number of imide groups is 1. The van der Waals surface area contributed by atoms with Crippen LogP contribution in [-0.2, 0) is 26.2 Å². The van der Waals surface area contributed by atoms with Crippen LogP contribution < -0.4 is 10.3 Å². The van der Waals surface area contributed by atoms with E-state index in [0.717, 1.165) is 38.9 Å². The average Bonchev–Trinajstić information content (AvgIpc) is 3.26. The summed E-state index contributed by atoms with van der Waals surface area (Å²) in [5, 5.41) is 4.52. The number of hydrogen-bond donors (Lipinski definition) is 1. The van der Waals surface area contributed by atoms with Crippen LogP contribution in [0, 0.1) is 32.6 Å². The van der Waals surface area contributed by atoms with Gasteiger partial charge in [0.15, 0.2) is 0 Å². The number of hydrogen-bond acceptors (Lipinski definition) is 4. The van der Waals surface area contributed by atoms with Crippen molar-refractivity contribution < 1.29 is 14.4 Å². The normalized spacial score (nSPS) is 23.6. The largest absolute Gasteiger partial charge is 0.274 e. The summed E-state index contributed by atoms with van der Waals surface area (Å²) in [6.45, 7) is 6.04. The summed E-state index contributed by atoms with van der Waals surface area (Å²) < 4.78 is 0. The zero-order valence-electron chi connectivity index (χ0n) is 23.8. The Balaban J connectivity index is 1.33. The number of aryl methyl sites for hydroxylation is 3. The van der Waals surface area contributed by atoms with Crippen LogP contribution in [0.15, 0.2) is 96.1 Å². The third-order valence-electron chi connectivity index (χ3n) is 9.37. The first-order chi connectivity index (χ1) is 20.3. The minimum absolute atomic E-state index is 0.186. The number of amides is 3. The number of hydrazone groups is 1. The number of carbonyl (C=O) groups excluding carboxylic acids is 3. The lowest BCUT2D eigenvalue weighted by Gasteiger charge is -2.52. The fraction of sp³-hybridized carbons (Fsp3) is 0.222. The first-order valence-corrected chi connectivity index (χ1v) is 14.3. The molecule has 6 nitrogen and oxygen atoms in total. The van der Waals surface area contributed by atoms with E-state index in [1.54, 1.807) is 6.21 Å². The maximum absolute atomic E-state index is 14.4. The first-order valence-electron chi connectivity index (χ1n) is 14.3. The third kappa shape index (κ3) is 3.71. The Morgan fingerprint density at radius 1 is 0.833 bits per heavy atom. The van der Waals surface area contributed by atoms with Crippen molar-refractivity contribution in [2.24, 2.45) is 16.9 Å². The van der Waals surface area contributed by atoms with Crippen molar-refractivity contribution >= 4 is 29.6 Å². The van der Waals surface area contributed by atoms with E-state index in [2.05, 4.69) is 22.7 Å². The summed E-state index contributed by atoms with van der Waals surface area (Å²) in [6, 6.07) is 29.5. The van der Waals surface area contributed by atoms with Gasteiger partial charge in [0.05, 0.1) is 29.4 Å². The Kier molecular flexibility index (Phi) is 5.98. The van der Waals surface area contributed by atoms with Crippen LogP contribution in [0.1, 0.15) is 50.4 Å². The van der Waals surface area contributed by atoms with E-state index in [0.29, 0.717) is 5.69 Å². The summed E-state index contributed by atoms with van der Waals surface area (Å²) in [6.07, 6.45) is 1.89. The van der Waals surface area contributed by atoms with Crippen LogP contribution in [0.4, 0.5) is 5.69 Å². The number of anilines is 1. The van der Waals surface area contributed by atoms with Gasteiger partial charge in [-0.25, -0.2) is 10.3 Å². The highest BCUT2D eigenvalue weighted by Gasteiger charge is 2.68. The molecule has 4 aliphatic rings. The topological polar surface area (TPSA) is 78.8 Å². The molecule has 3 amide bonds. The number of rotatable bonds is 5. The van der Waals surface area contributed by atoms with E-state index in [1.165, 1.54) is 10.5 Å². The molecule has 0 unspecified atom stereocenters. The van der Waals surface area contributed by atoms with Gasteiger partial charge in [0.2, 0.25) is 17.7 Å². The molecule has 0 saturated carbocycles. The maximum Gasteiger partial charge on any atom is 0.244 e. The van der Waals surface area contributed by atoms with Crippen molar-refractivity contribution in [3.63, 3.8) is 0 Å². The van der Waals surface area contributed by atoms with Gasteiger partial charge in [-0.1, -0.05) is 84.4 Å². The Morgan fingerprint density at radius 3 is 2.12 bits per heavy atom. The zero-order valence-corrected chi connectivity index (χ0v) is 23.8. The summed E-state index contributed by atoms with van der Waals surface area (Å²) >= 11 is 0. The second-order valence-corrected chi connectivity index (χ2v) is 11.8. The van der Waals surface area contributed by atoms with Gasteiger partial charge in [0, 0.05) is 12.1 Å². The SMILES string of the molecule is Cc1ccc(N2C(=O)[C@@H]3C4c5ccccc5C(/C=N\NC(=O)Cc5ccc(C)c(C)c5)(c5ccccc54)[C@@H]3C2=O)cc1. The van der Waals surface area contributed by atoms with Crippen LogP contribution in [-0.4, -0.2) is 23.9 Å². The average molecular weight is 554 g/mol. The van der Waals surface area contributed by atoms with E-state index in [-0.39, 0.29) is 30.1 Å². The maximum atomic E-state index is 14.4. The third-order valence-corrected chi connectivity index (χ3v) is 9.37. The van der Waals surface area contributed by atoms with Crippen LogP contribution >= 0.6 is 0 Å². The summed E-state index contributed by atoms with van der Waals surface area (Å²) in [4.78, 5) is 43.0. The predicted molar refractivity (Wildman–Crippen MR) is 162 cm³/mol. The van der Waals surface area contributed by atoms with E-state index >= 15 is 0 Å². The van der Waals surface area contributed by atoms with Gasteiger partial charge >= 0.3 is 0 Å². The second kappa shape index (κ2) is 9.62. The molecule has 2 bridgehead atoms. The molecule has 8 rings (SSSR count). The number of carbonyl (C=O) groups is 3. The molecule has 0 spiro atoms. The minimum Gasteiger partial charge on any atom is -0.274 e. The van der Waals surface area contributed by atoms with E-state index in [1.807, 2.05) is 99.6 Å². The van der Waals surface area contributed by atoms with Crippen molar-refractivity contribution in [3.8, 4) is 0 Å². The minimum atomic E-state index is -1.02. The molecule has 4 aromatic carbocycles. The smallest absolute Gasteiger partial charge is 0.244 e. The number of nitrogens with one attached hydrogen (secondary N) is 1. The molecular formula is C36H31N3O3. The Labute approximate surface area is 245 Å². The van der Waals surface area contributed by atoms with Crippen LogP contribution in [0.25, 0.3) is 0 Å². The van der Waals surface area contributed by atoms with Crippen molar-refractivity contribution in [2.45, 2.75) is 38.5 Å². The molecule has 1 saturated heterocycles. The van der Waals surface area contributed by atoms with E-state index in [4.69, 9.17) is 0 Å². The molecule has 0 aromatic heterocycles. The van der Waals surface area contributed by atoms with Crippen LogP contribution in [0.5, 0.6) is 0 Å². The molecule has 208 valence electrons. The van der Waals surface area contributed by atoms with Gasteiger partial charge in [0.25, 0.3) is 0 Å². The highest BCUT2D eigenvalue weighted by molar-refractivity contribution is 6.25. The Hall–Kier alpha value is -4.84. The van der Waals surface area contributed by atoms with Gasteiger partial charge in [-0.15, -0.1) is 0 Å². The standard InChI is InChI=1S/C36H31N3O3/c1-21-12-16-25(17-13-21)39-34(41)32-31-26-8-4-6-10-28(26)36(33(32)35(39)42,29-11-7-5-9-27(29)31)20-37-38-30(40)19-24-15-14-22(2)23(3)18-24/h4-18,20,31-33H,19H2,1-3H3,(H,38,40)/b37-20-/t31?,32-,33+,36?/m1/s1. The van der Waals surface area contributed by atoms with Gasteiger partial charge in [-0.2, -0.15) is 5.10 Å². The van der Waals surface area contributed by atoms with E-state index in [9.17, 15) is 14.4 Å². The Bertz CT molecular complexity index is 1760. The van der Waals surface area contributed by atoms with Gasteiger partial charge in [-0.05, 0) is 71.8 Å².